The van der Waals surface area contributed by atoms with Crippen LogP contribution >= 0.6 is 0 Å². The Kier molecular flexibility index (Phi) is 7.00. The molecule has 4 aliphatic rings. The number of piperazine rings is 1. The van der Waals surface area contributed by atoms with Crippen molar-refractivity contribution in [2.75, 3.05) is 43.4 Å². The number of nitrogens with one attached hydrogen (secondary N) is 1. The highest BCUT2D eigenvalue weighted by Crippen LogP contribution is 2.47. The number of rotatable bonds is 4. The van der Waals surface area contributed by atoms with E-state index in [4.69, 9.17) is 20.2 Å². The summed E-state index contributed by atoms with van der Waals surface area (Å²) in [6, 6.07) is 0.106. The number of benzene rings is 1. The fourth-order valence-corrected chi connectivity index (χ4v) is 7.76. The number of nitrogen functional groups attached to an aromatic ring is 1. The second-order valence-corrected chi connectivity index (χ2v) is 12.6. The summed E-state index contributed by atoms with van der Waals surface area (Å²) >= 11 is 0. The third-order valence-corrected chi connectivity index (χ3v) is 9.75. The van der Waals surface area contributed by atoms with Crippen LogP contribution in [-0.2, 0) is 6.18 Å². The standard InChI is InChI=1S/C30H33F6N7O2/c1-13-20(30(34,35)36)17(9-18(37)21(13)32)23-22(33)24-19-26(43-8-6-38-14(2)25(43)15(3)45-27(19)39-23)41-28(40-24)44-12-29-5-4-7-42(29)11-16(31)10-29/h9,14-16,25,38H,4-8,10-12,37H2,1-3H3/t14-,15-,16-,25-,29+/m1/s1. The molecule has 7 rings (SSSR count). The number of nitrogens with zero attached hydrogens (tertiary/aromatic N) is 5. The summed E-state index contributed by atoms with van der Waals surface area (Å²) in [5.41, 5.74) is 0.558. The van der Waals surface area contributed by atoms with Crippen LogP contribution in [0.2, 0.25) is 0 Å². The molecule has 6 heterocycles. The molecular formula is C30H33F6N7O2. The number of halogens is 6. The fourth-order valence-electron chi connectivity index (χ4n) is 7.76. The van der Waals surface area contributed by atoms with E-state index in [9.17, 15) is 22.0 Å². The van der Waals surface area contributed by atoms with E-state index in [1.165, 1.54) is 0 Å². The predicted octanol–water partition coefficient (Wildman–Crippen LogP) is 4.78. The zero-order valence-electron chi connectivity index (χ0n) is 24.9. The summed E-state index contributed by atoms with van der Waals surface area (Å²) in [5, 5.41) is 3.47. The fraction of sp³-hybridized carbons (Fsp3) is 0.567. The molecule has 0 amide bonds. The number of hydrogen-bond acceptors (Lipinski definition) is 9. The van der Waals surface area contributed by atoms with E-state index in [0.717, 1.165) is 26.0 Å². The zero-order valence-corrected chi connectivity index (χ0v) is 24.9. The van der Waals surface area contributed by atoms with Crippen LogP contribution in [0.3, 0.4) is 0 Å². The van der Waals surface area contributed by atoms with Crippen LogP contribution in [0.4, 0.5) is 37.8 Å². The Bertz CT molecular complexity index is 1690. The van der Waals surface area contributed by atoms with Crippen molar-refractivity contribution >= 4 is 22.4 Å². The highest BCUT2D eigenvalue weighted by Gasteiger charge is 2.50. The minimum atomic E-state index is -5.06. The van der Waals surface area contributed by atoms with Crippen LogP contribution in [0.1, 0.15) is 44.2 Å². The Labute approximate surface area is 255 Å². The molecule has 3 fully saturated rings. The highest BCUT2D eigenvalue weighted by molar-refractivity contribution is 5.97. The molecule has 1 aromatic carbocycles. The SMILES string of the molecule is Cc1c(F)c(N)cc(-c2nc3c4c(nc(OC[C@@]56CCCN5C[C@H](F)C6)nc4c2F)N2CCN[C@H](C)[C@@H]2[C@@H](C)O3)c1C(F)(F)F. The molecule has 0 unspecified atom stereocenters. The molecular weight excluding hydrogens is 604 g/mol. The van der Waals surface area contributed by atoms with Gasteiger partial charge in [0.25, 0.3) is 0 Å². The molecule has 4 aliphatic heterocycles. The Balaban J connectivity index is 1.44. The lowest BCUT2D eigenvalue weighted by molar-refractivity contribution is -0.137. The summed E-state index contributed by atoms with van der Waals surface area (Å²) in [6.07, 6.45) is -4.74. The average molecular weight is 638 g/mol. The minimum absolute atomic E-state index is 0.0605. The first kappa shape index (κ1) is 30.1. The Morgan fingerprint density at radius 1 is 1.16 bits per heavy atom. The van der Waals surface area contributed by atoms with E-state index in [-0.39, 0.29) is 53.7 Å². The van der Waals surface area contributed by atoms with Crippen LogP contribution in [0.15, 0.2) is 6.07 Å². The summed E-state index contributed by atoms with van der Waals surface area (Å²) < 4.78 is 101. The molecule has 15 heteroatoms. The number of aromatic nitrogens is 3. The van der Waals surface area contributed by atoms with Crippen LogP contribution in [0, 0.1) is 18.6 Å². The Morgan fingerprint density at radius 3 is 2.69 bits per heavy atom. The van der Waals surface area contributed by atoms with E-state index in [0.29, 0.717) is 26.1 Å². The number of pyridine rings is 1. The molecule has 45 heavy (non-hydrogen) atoms. The van der Waals surface area contributed by atoms with Gasteiger partial charge in [-0.05, 0) is 51.8 Å². The molecule has 5 atom stereocenters. The monoisotopic (exact) mass is 637 g/mol. The van der Waals surface area contributed by atoms with Gasteiger partial charge in [0.2, 0.25) is 5.88 Å². The number of nitrogens with two attached hydrogens (primary N) is 1. The maximum absolute atomic E-state index is 16.7. The maximum Gasteiger partial charge on any atom is 0.417 e. The van der Waals surface area contributed by atoms with Crippen molar-refractivity contribution in [3.63, 3.8) is 0 Å². The first-order valence-corrected chi connectivity index (χ1v) is 15.0. The lowest BCUT2D eigenvalue weighted by Crippen LogP contribution is -2.61. The van der Waals surface area contributed by atoms with E-state index in [1.54, 1.807) is 6.92 Å². The lowest BCUT2D eigenvalue weighted by Gasteiger charge is -2.42. The first-order chi connectivity index (χ1) is 21.3. The number of fused-ring (bicyclic) bond motifs is 3. The van der Waals surface area contributed by atoms with Gasteiger partial charge in [-0.25, -0.2) is 18.2 Å². The van der Waals surface area contributed by atoms with Crippen molar-refractivity contribution in [3.05, 3.63) is 28.8 Å². The Hall–Kier alpha value is -3.59. The molecule has 0 saturated carbocycles. The van der Waals surface area contributed by atoms with E-state index in [1.807, 2.05) is 11.8 Å². The Morgan fingerprint density at radius 2 is 1.93 bits per heavy atom. The van der Waals surface area contributed by atoms with Gasteiger partial charge in [0, 0.05) is 37.7 Å². The molecule has 242 valence electrons. The van der Waals surface area contributed by atoms with Crippen LogP contribution in [-0.4, -0.2) is 82.5 Å². The first-order valence-electron chi connectivity index (χ1n) is 15.0. The summed E-state index contributed by atoms with van der Waals surface area (Å²) in [6.45, 7) is 6.82. The van der Waals surface area contributed by atoms with E-state index >= 15 is 4.39 Å². The average Bonchev–Trinajstić information content (AvgIpc) is 3.46. The molecule has 0 spiro atoms. The van der Waals surface area contributed by atoms with Gasteiger partial charge in [-0.3, -0.25) is 4.90 Å². The summed E-state index contributed by atoms with van der Waals surface area (Å²) in [4.78, 5) is 17.3. The zero-order chi connectivity index (χ0) is 32.0. The van der Waals surface area contributed by atoms with Crippen LogP contribution in [0.25, 0.3) is 22.2 Å². The molecule has 3 N–H and O–H groups in total. The molecule has 9 nitrogen and oxygen atoms in total. The van der Waals surface area contributed by atoms with Gasteiger partial charge in [0.05, 0.1) is 22.8 Å². The van der Waals surface area contributed by atoms with E-state index in [2.05, 4.69) is 20.2 Å². The van der Waals surface area contributed by atoms with Crippen molar-refractivity contribution in [3.8, 4) is 23.1 Å². The predicted molar refractivity (Wildman–Crippen MR) is 154 cm³/mol. The van der Waals surface area contributed by atoms with Crippen LogP contribution in [0.5, 0.6) is 11.9 Å². The lowest BCUT2D eigenvalue weighted by atomic mass is 9.95. The van der Waals surface area contributed by atoms with Gasteiger partial charge in [-0.15, -0.1) is 0 Å². The smallest absolute Gasteiger partial charge is 0.417 e. The highest BCUT2D eigenvalue weighted by atomic mass is 19.4. The van der Waals surface area contributed by atoms with Crippen LogP contribution < -0.4 is 25.4 Å². The maximum atomic E-state index is 16.7. The normalized spacial score (nSPS) is 28.2. The number of anilines is 2. The van der Waals surface area contributed by atoms with Gasteiger partial charge < -0.3 is 25.4 Å². The molecule has 3 aromatic rings. The molecule has 3 saturated heterocycles. The largest absolute Gasteiger partial charge is 0.472 e. The summed E-state index contributed by atoms with van der Waals surface area (Å²) in [5.74, 6) is -2.34. The second kappa shape index (κ2) is 10.5. The van der Waals surface area contributed by atoms with Crippen molar-refractivity contribution in [2.24, 2.45) is 0 Å². The topological polar surface area (TPSA) is 102 Å². The third-order valence-electron chi connectivity index (χ3n) is 9.75. The van der Waals surface area contributed by atoms with Gasteiger partial charge >= 0.3 is 12.2 Å². The van der Waals surface area contributed by atoms with Crippen molar-refractivity contribution in [1.82, 2.24) is 25.2 Å². The number of alkyl halides is 4. The quantitative estimate of drug-likeness (QED) is 0.309. The van der Waals surface area contributed by atoms with Crippen molar-refractivity contribution < 1.29 is 35.8 Å². The van der Waals surface area contributed by atoms with Crippen molar-refractivity contribution in [1.29, 1.82) is 0 Å². The minimum Gasteiger partial charge on any atom is -0.472 e. The number of hydrogen-bond donors (Lipinski definition) is 2. The second-order valence-electron chi connectivity index (χ2n) is 12.6. The van der Waals surface area contributed by atoms with Crippen molar-refractivity contribution in [2.45, 2.75) is 76.1 Å². The molecule has 0 bridgehead atoms. The van der Waals surface area contributed by atoms with Gasteiger partial charge in [0.1, 0.15) is 47.1 Å². The summed E-state index contributed by atoms with van der Waals surface area (Å²) in [7, 11) is 0. The molecule has 2 aromatic heterocycles. The molecule has 0 radical (unpaired) electrons. The van der Waals surface area contributed by atoms with Gasteiger partial charge in [0.15, 0.2) is 5.82 Å². The van der Waals surface area contributed by atoms with Gasteiger partial charge in [-0.1, -0.05) is 0 Å². The van der Waals surface area contributed by atoms with E-state index < -0.39 is 63.7 Å². The molecule has 0 aliphatic carbocycles. The number of ether oxygens (including phenoxy) is 2. The van der Waals surface area contributed by atoms with Gasteiger partial charge in [-0.2, -0.15) is 23.1 Å². The third kappa shape index (κ3) is 4.72.